The number of aromatic amines is 1. The maximum absolute atomic E-state index is 5.40. The molecule has 84 valence electrons. The Morgan fingerprint density at radius 1 is 1.44 bits per heavy atom. The van der Waals surface area contributed by atoms with E-state index >= 15 is 0 Å². The Balaban J connectivity index is 2.17. The third-order valence-electron chi connectivity index (χ3n) is 3.39. The van der Waals surface area contributed by atoms with Crippen LogP contribution in [0.15, 0.2) is 22.7 Å². The first-order valence-electron chi connectivity index (χ1n) is 5.55. The molecular formula is C12H13BrN2S. The maximum atomic E-state index is 5.40. The maximum Gasteiger partial charge on any atom is 0.178 e. The van der Waals surface area contributed by atoms with Crippen molar-refractivity contribution >= 4 is 39.2 Å². The van der Waals surface area contributed by atoms with E-state index in [0.717, 1.165) is 20.7 Å². The summed E-state index contributed by atoms with van der Waals surface area (Å²) in [6, 6.07) is 6.89. The molecule has 1 N–H and O–H groups in total. The molecule has 0 radical (unpaired) electrons. The van der Waals surface area contributed by atoms with E-state index in [1.165, 1.54) is 18.4 Å². The zero-order valence-corrected chi connectivity index (χ0v) is 11.4. The second-order valence-electron chi connectivity index (χ2n) is 4.69. The molecule has 1 fully saturated rings. The van der Waals surface area contributed by atoms with Gasteiger partial charge in [0.05, 0.1) is 11.0 Å². The first-order chi connectivity index (χ1) is 7.65. The summed E-state index contributed by atoms with van der Waals surface area (Å²) in [5.74, 6) is 0.840. The van der Waals surface area contributed by atoms with Crippen molar-refractivity contribution < 1.29 is 0 Å². The standard InChI is InChI=1S/C12H13BrN2S/c1-7-4-9(5-7)15-11-3-2-8(13)6-10(11)14-12(15)16/h2-3,6-7,9H,4-5H2,1H3,(H,14,16). The summed E-state index contributed by atoms with van der Waals surface area (Å²) in [6.07, 6.45) is 2.49. The lowest BCUT2D eigenvalue weighted by Gasteiger charge is -2.34. The summed E-state index contributed by atoms with van der Waals surface area (Å²) in [7, 11) is 0. The minimum absolute atomic E-state index is 0.595. The second-order valence-corrected chi connectivity index (χ2v) is 5.99. The lowest BCUT2D eigenvalue weighted by atomic mass is 9.81. The first-order valence-corrected chi connectivity index (χ1v) is 6.75. The van der Waals surface area contributed by atoms with Gasteiger partial charge in [-0.3, -0.25) is 0 Å². The minimum Gasteiger partial charge on any atom is -0.331 e. The monoisotopic (exact) mass is 296 g/mol. The van der Waals surface area contributed by atoms with E-state index in [-0.39, 0.29) is 0 Å². The molecule has 0 bridgehead atoms. The average molecular weight is 297 g/mol. The van der Waals surface area contributed by atoms with Crippen molar-refractivity contribution in [1.29, 1.82) is 0 Å². The van der Waals surface area contributed by atoms with Crippen molar-refractivity contribution in [2.45, 2.75) is 25.8 Å². The molecule has 2 aromatic rings. The number of rotatable bonds is 1. The molecular weight excluding hydrogens is 284 g/mol. The Morgan fingerprint density at radius 3 is 2.88 bits per heavy atom. The number of hydrogen-bond donors (Lipinski definition) is 1. The SMILES string of the molecule is CC1CC(n2c(=S)[nH]c3cc(Br)ccc32)C1. The molecule has 4 heteroatoms. The van der Waals surface area contributed by atoms with E-state index in [1.807, 2.05) is 0 Å². The van der Waals surface area contributed by atoms with Crippen molar-refractivity contribution in [3.63, 3.8) is 0 Å². The van der Waals surface area contributed by atoms with Gasteiger partial charge in [0.15, 0.2) is 4.77 Å². The molecule has 0 amide bonds. The van der Waals surface area contributed by atoms with Crippen LogP contribution in [0.4, 0.5) is 0 Å². The van der Waals surface area contributed by atoms with Crippen LogP contribution in [-0.4, -0.2) is 9.55 Å². The van der Waals surface area contributed by atoms with Gasteiger partial charge in [-0.05, 0) is 49.2 Å². The number of H-pyrrole nitrogens is 1. The van der Waals surface area contributed by atoms with Crippen LogP contribution in [0, 0.1) is 10.7 Å². The number of nitrogens with zero attached hydrogens (tertiary/aromatic N) is 1. The Hall–Kier alpha value is -0.610. The molecule has 1 aromatic carbocycles. The Bertz CT molecular complexity index is 593. The number of imidazole rings is 1. The largest absolute Gasteiger partial charge is 0.331 e. The van der Waals surface area contributed by atoms with Gasteiger partial charge in [0.25, 0.3) is 0 Å². The van der Waals surface area contributed by atoms with Gasteiger partial charge in [0.2, 0.25) is 0 Å². The van der Waals surface area contributed by atoms with Crippen LogP contribution in [0.3, 0.4) is 0 Å². The fraction of sp³-hybridized carbons (Fsp3) is 0.417. The van der Waals surface area contributed by atoms with Crippen LogP contribution >= 0.6 is 28.1 Å². The predicted molar refractivity (Wildman–Crippen MR) is 72.3 cm³/mol. The van der Waals surface area contributed by atoms with E-state index in [0.29, 0.717) is 6.04 Å². The normalized spacial score (nSPS) is 24.6. The third kappa shape index (κ3) is 1.55. The van der Waals surface area contributed by atoms with Crippen molar-refractivity contribution in [1.82, 2.24) is 9.55 Å². The Morgan fingerprint density at radius 2 is 2.19 bits per heavy atom. The number of halogens is 1. The Labute approximate surface area is 108 Å². The van der Waals surface area contributed by atoms with Crippen LogP contribution in [0.1, 0.15) is 25.8 Å². The molecule has 1 aliphatic carbocycles. The third-order valence-corrected chi connectivity index (χ3v) is 4.18. The predicted octanol–water partition coefficient (Wildman–Crippen LogP) is 4.43. The summed E-state index contributed by atoms with van der Waals surface area (Å²) in [5.41, 5.74) is 2.35. The minimum atomic E-state index is 0.595. The van der Waals surface area contributed by atoms with E-state index in [4.69, 9.17) is 12.2 Å². The zero-order chi connectivity index (χ0) is 11.3. The van der Waals surface area contributed by atoms with E-state index in [2.05, 4.69) is 50.6 Å². The Kier molecular flexibility index (Phi) is 2.44. The molecule has 0 atom stereocenters. The molecule has 16 heavy (non-hydrogen) atoms. The lowest BCUT2D eigenvalue weighted by molar-refractivity contribution is 0.219. The van der Waals surface area contributed by atoms with Crippen molar-refractivity contribution in [3.8, 4) is 0 Å². The fourth-order valence-electron chi connectivity index (χ4n) is 2.54. The van der Waals surface area contributed by atoms with Gasteiger partial charge in [-0.1, -0.05) is 22.9 Å². The molecule has 1 aliphatic rings. The topological polar surface area (TPSA) is 20.7 Å². The van der Waals surface area contributed by atoms with Gasteiger partial charge in [-0.2, -0.15) is 0 Å². The number of fused-ring (bicyclic) bond motifs is 1. The lowest BCUT2D eigenvalue weighted by Crippen LogP contribution is -2.24. The van der Waals surface area contributed by atoms with Gasteiger partial charge >= 0.3 is 0 Å². The number of benzene rings is 1. The van der Waals surface area contributed by atoms with Crippen LogP contribution in [0.25, 0.3) is 11.0 Å². The first kappa shape index (κ1) is 10.5. The molecule has 2 nitrogen and oxygen atoms in total. The molecule has 0 spiro atoms. The summed E-state index contributed by atoms with van der Waals surface area (Å²) in [5, 5.41) is 0. The highest BCUT2D eigenvalue weighted by Gasteiger charge is 2.28. The second kappa shape index (κ2) is 3.70. The van der Waals surface area contributed by atoms with Gasteiger partial charge in [0, 0.05) is 10.5 Å². The van der Waals surface area contributed by atoms with Gasteiger partial charge < -0.3 is 9.55 Å². The van der Waals surface area contributed by atoms with Crippen LogP contribution in [0.5, 0.6) is 0 Å². The summed E-state index contributed by atoms with van der Waals surface area (Å²) >= 11 is 8.88. The molecule has 0 saturated heterocycles. The van der Waals surface area contributed by atoms with Crippen molar-refractivity contribution in [2.24, 2.45) is 5.92 Å². The number of nitrogens with one attached hydrogen (secondary N) is 1. The molecule has 0 aliphatic heterocycles. The van der Waals surface area contributed by atoms with E-state index in [1.54, 1.807) is 0 Å². The van der Waals surface area contributed by atoms with Crippen molar-refractivity contribution in [2.75, 3.05) is 0 Å². The smallest absolute Gasteiger partial charge is 0.178 e. The number of hydrogen-bond acceptors (Lipinski definition) is 1. The van der Waals surface area contributed by atoms with Crippen LogP contribution < -0.4 is 0 Å². The molecule has 1 heterocycles. The summed E-state index contributed by atoms with van der Waals surface area (Å²) in [6.45, 7) is 2.30. The molecule has 3 rings (SSSR count). The quantitative estimate of drug-likeness (QED) is 0.772. The summed E-state index contributed by atoms with van der Waals surface area (Å²) in [4.78, 5) is 3.28. The fourth-order valence-corrected chi connectivity index (χ4v) is 3.25. The van der Waals surface area contributed by atoms with E-state index in [9.17, 15) is 0 Å². The molecule has 0 unspecified atom stereocenters. The highest BCUT2D eigenvalue weighted by molar-refractivity contribution is 9.10. The highest BCUT2D eigenvalue weighted by atomic mass is 79.9. The molecule has 1 saturated carbocycles. The van der Waals surface area contributed by atoms with Crippen LogP contribution in [0.2, 0.25) is 0 Å². The van der Waals surface area contributed by atoms with Gasteiger partial charge in [-0.15, -0.1) is 0 Å². The van der Waals surface area contributed by atoms with Crippen molar-refractivity contribution in [3.05, 3.63) is 27.4 Å². The van der Waals surface area contributed by atoms with Gasteiger partial charge in [-0.25, -0.2) is 0 Å². The zero-order valence-electron chi connectivity index (χ0n) is 9.03. The average Bonchev–Trinajstić information content (AvgIpc) is 2.48. The molecule has 1 aromatic heterocycles. The summed E-state index contributed by atoms with van der Waals surface area (Å²) < 4.78 is 4.22. The number of aromatic nitrogens is 2. The van der Waals surface area contributed by atoms with Crippen LogP contribution in [-0.2, 0) is 0 Å². The van der Waals surface area contributed by atoms with Gasteiger partial charge in [0.1, 0.15) is 0 Å². The van der Waals surface area contributed by atoms with E-state index < -0.39 is 0 Å². The highest BCUT2D eigenvalue weighted by Crippen LogP contribution is 2.39.